The molecule has 0 N–H and O–H groups in total. The van der Waals surface area contributed by atoms with Gasteiger partial charge in [0.25, 0.3) is 5.91 Å². The zero-order valence-electron chi connectivity index (χ0n) is 21.8. The van der Waals surface area contributed by atoms with Crippen LogP contribution in [0.15, 0.2) is 121 Å². The van der Waals surface area contributed by atoms with Gasteiger partial charge in [0.15, 0.2) is 0 Å². The van der Waals surface area contributed by atoms with Crippen LogP contribution in [0.4, 0.5) is 4.79 Å². The first-order valence-corrected chi connectivity index (χ1v) is 13.1. The molecule has 1 atom stereocenters. The minimum Gasteiger partial charge on any atom is -0.466 e. The van der Waals surface area contributed by atoms with Gasteiger partial charge >= 0.3 is 12.0 Å². The van der Waals surface area contributed by atoms with Gasteiger partial charge in [0.05, 0.1) is 13.0 Å². The van der Waals surface area contributed by atoms with E-state index in [4.69, 9.17) is 4.74 Å². The average molecular weight is 519 g/mol. The van der Waals surface area contributed by atoms with Crippen LogP contribution in [0.25, 0.3) is 0 Å². The lowest BCUT2D eigenvalue weighted by Gasteiger charge is -2.42. The first kappa shape index (κ1) is 25.9. The molecule has 1 unspecified atom stereocenters. The minimum absolute atomic E-state index is 0.181. The van der Waals surface area contributed by atoms with Crippen molar-refractivity contribution in [3.05, 3.63) is 144 Å². The number of carbonyl (C=O) groups excluding carboxylic acids is 3. The van der Waals surface area contributed by atoms with E-state index >= 15 is 0 Å². The lowest BCUT2D eigenvalue weighted by Crippen LogP contribution is -2.52. The summed E-state index contributed by atoms with van der Waals surface area (Å²) in [5.74, 6) is -0.964. The summed E-state index contributed by atoms with van der Waals surface area (Å²) in [6.07, 6.45) is -0.226. The number of ether oxygens (including phenoxy) is 1. The number of esters is 1. The van der Waals surface area contributed by atoms with Gasteiger partial charge < -0.3 is 9.64 Å². The number of hydrogen-bond acceptors (Lipinski definition) is 4. The molecule has 1 fully saturated rings. The van der Waals surface area contributed by atoms with Gasteiger partial charge in [0, 0.05) is 6.54 Å². The van der Waals surface area contributed by atoms with E-state index < -0.39 is 29.5 Å². The van der Waals surface area contributed by atoms with E-state index in [1.807, 2.05) is 121 Å². The number of imide groups is 1. The molecule has 0 spiro atoms. The lowest BCUT2D eigenvalue weighted by atomic mass is 9.75. The number of amides is 3. The molecule has 39 heavy (non-hydrogen) atoms. The molecule has 4 aromatic carbocycles. The first-order chi connectivity index (χ1) is 19.1. The molecule has 1 heterocycles. The fourth-order valence-corrected chi connectivity index (χ4v) is 5.41. The van der Waals surface area contributed by atoms with Crippen LogP contribution in [0.3, 0.4) is 0 Å². The van der Waals surface area contributed by atoms with Crippen molar-refractivity contribution in [2.24, 2.45) is 0 Å². The van der Waals surface area contributed by atoms with Crippen LogP contribution in [0.2, 0.25) is 0 Å². The summed E-state index contributed by atoms with van der Waals surface area (Å²) >= 11 is 0. The largest absolute Gasteiger partial charge is 0.466 e. The van der Waals surface area contributed by atoms with Crippen molar-refractivity contribution in [2.45, 2.75) is 31.5 Å². The summed E-state index contributed by atoms with van der Waals surface area (Å²) < 4.78 is 5.21. The minimum atomic E-state index is -1.27. The molecule has 0 aliphatic carbocycles. The van der Waals surface area contributed by atoms with Crippen molar-refractivity contribution in [1.82, 2.24) is 9.80 Å². The van der Waals surface area contributed by atoms with Gasteiger partial charge in [0.1, 0.15) is 11.6 Å². The predicted molar refractivity (Wildman–Crippen MR) is 148 cm³/mol. The lowest BCUT2D eigenvalue weighted by molar-refractivity contribution is -0.146. The maximum absolute atomic E-state index is 14.5. The molecule has 4 aromatic rings. The molecule has 0 aromatic heterocycles. The molecule has 6 heteroatoms. The van der Waals surface area contributed by atoms with Crippen LogP contribution in [0.5, 0.6) is 0 Å². The van der Waals surface area contributed by atoms with E-state index in [0.29, 0.717) is 0 Å². The highest BCUT2D eigenvalue weighted by molar-refractivity contribution is 6.07. The molecule has 0 bridgehead atoms. The van der Waals surface area contributed by atoms with Gasteiger partial charge in [-0.15, -0.1) is 0 Å². The molecule has 1 aliphatic rings. The summed E-state index contributed by atoms with van der Waals surface area (Å²) in [7, 11) is 0. The first-order valence-electron chi connectivity index (χ1n) is 13.1. The molecule has 5 rings (SSSR count). The van der Waals surface area contributed by atoms with Crippen LogP contribution < -0.4 is 0 Å². The third-order valence-corrected chi connectivity index (χ3v) is 7.09. The second-order valence-electron chi connectivity index (χ2n) is 9.40. The third-order valence-electron chi connectivity index (χ3n) is 7.09. The Kier molecular flexibility index (Phi) is 7.55. The maximum atomic E-state index is 14.5. The van der Waals surface area contributed by atoms with E-state index in [9.17, 15) is 14.4 Å². The SMILES string of the molecule is CCOC(=O)CC1C(=O)N(C(c2ccccc2)(c2ccccc2)c2ccccc2)C(=O)N1Cc1ccccc1. The molecule has 1 saturated heterocycles. The van der Waals surface area contributed by atoms with Gasteiger partial charge in [-0.3, -0.25) is 9.59 Å². The normalized spacial score (nSPS) is 15.5. The average Bonchev–Trinajstić information content (AvgIpc) is 3.20. The Hall–Kier alpha value is -4.71. The molecule has 1 aliphatic heterocycles. The molecular weight excluding hydrogens is 488 g/mol. The number of benzene rings is 4. The van der Waals surface area contributed by atoms with Crippen LogP contribution >= 0.6 is 0 Å². The Morgan fingerprint density at radius 2 is 1.15 bits per heavy atom. The topological polar surface area (TPSA) is 66.9 Å². The Bertz CT molecular complexity index is 1330. The quantitative estimate of drug-likeness (QED) is 0.160. The number of nitrogens with zero attached hydrogens (tertiary/aromatic N) is 2. The van der Waals surface area contributed by atoms with E-state index in [-0.39, 0.29) is 19.6 Å². The summed E-state index contributed by atoms with van der Waals surface area (Å²) in [4.78, 5) is 44.5. The molecule has 6 nitrogen and oxygen atoms in total. The van der Waals surface area contributed by atoms with Gasteiger partial charge in [0.2, 0.25) is 0 Å². The Morgan fingerprint density at radius 1 is 0.718 bits per heavy atom. The number of hydrogen-bond donors (Lipinski definition) is 0. The van der Waals surface area contributed by atoms with Gasteiger partial charge in [-0.25, -0.2) is 9.69 Å². The third kappa shape index (κ3) is 4.81. The summed E-state index contributed by atoms with van der Waals surface area (Å²) in [5.41, 5.74) is 1.89. The molecule has 196 valence electrons. The van der Waals surface area contributed by atoms with E-state index in [1.54, 1.807) is 6.92 Å². The Balaban J connectivity index is 1.74. The number of carbonyl (C=O) groups is 3. The van der Waals surface area contributed by atoms with Gasteiger partial charge in [-0.05, 0) is 29.2 Å². The van der Waals surface area contributed by atoms with Crippen molar-refractivity contribution >= 4 is 17.9 Å². The predicted octanol–water partition coefficient (Wildman–Crippen LogP) is 5.76. The highest BCUT2D eigenvalue weighted by atomic mass is 16.5. The number of urea groups is 1. The molecular formula is C33H30N2O4. The maximum Gasteiger partial charge on any atom is 0.329 e. The summed E-state index contributed by atoms with van der Waals surface area (Å²) in [5, 5.41) is 0. The van der Waals surface area contributed by atoms with E-state index in [0.717, 1.165) is 22.3 Å². The smallest absolute Gasteiger partial charge is 0.329 e. The van der Waals surface area contributed by atoms with Crippen LogP contribution in [-0.2, 0) is 26.4 Å². The standard InChI is InChI=1S/C33H30N2O4/c1-2-39-30(36)23-29-31(37)35(32(38)34(29)24-25-15-7-3-8-16-25)33(26-17-9-4-10-18-26,27-19-11-5-12-20-27)28-21-13-6-14-22-28/h3-22,29H,2,23-24H2,1H3. The van der Waals surface area contributed by atoms with Crippen LogP contribution in [0.1, 0.15) is 35.6 Å². The zero-order chi connectivity index (χ0) is 27.2. The van der Waals surface area contributed by atoms with Crippen LogP contribution in [0, 0.1) is 0 Å². The van der Waals surface area contributed by atoms with E-state index in [1.165, 1.54) is 9.80 Å². The zero-order valence-corrected chi connectivity index (χ0v) is 21.8. The van der Waals surface area contributed by atoms with Crippen molar-refractivity contribution in [1.29, 1.82) is 0 Å². The van der Waals surface area contributed by atoms with Gasteiger partial charge in [-0.1, -0.05) is 121 Å². The summed E-state index contributed by atoms with van der Waals surface area (Å²) in [6, 6.07) is 36.7. The summed E-state index contributed by atoms with van der Waals surface area (Å²) in [6.45, 7) is 2.09. The highest BCUT2D eigenvalue weighted by Gasteiger charge is 2.57. The van der Waals surface area contributed by atoms with Crippen molar-refractivity contribution in [3.8, 4) is 0 Å². The molecule has 0 radical (unpaired) electrons. The highest BCUT2D eigenvalue weighted by Crippen LogP contribution is 2.46. The number of rotatable bonds is 9. The Morgan fingerprint density at radius 3 is 1.59 bits per heavy atom. The van der Waals surface area contributed by atoms with Gasteiger partial charge in [-0.2, -0.15) is 0 Å². The molecule has 3 amide bonds. The second kappa shape index (κ2) is 11.4. The fraction of sp³-hybridized carbons (Fsp3) is 0.182. The monoisotopic (exact) mass is 518 g/mol. The van der Waals surface area contributed by atoms with E-state index in [2.05, 4.69) is 0 Å². The second-order valence-corrected chi connectivity index (χ2v) is 9.40. The van der Waals surface area contributed by atoms with Crippen LogP contribution in [-0.4, -0.2) is 40.4 Å². The fourth-order valence-electron chi connectivity index (χ4n) is 5.41. The molecule has 0 saturated carbocycles. The van der Waals surface area contributed by atoms with Crippen molar-refractivity contribution < 1.29 is 19.1 Å². The van der Waals surface area contributed by atoms with Crippen molar-refractivity contribution in [2.75, 3.05) is 6.61 Å². The van der Waals surface area contributed by atoms with Crippen molar-refractivity contribution in [3.63, 3.8) is 0 Å². The Labute approximate surface area is 228 Å².